The second-order valence-corrected chi connectivity index (χ2v) is 7.29. The number of alkyl halides is 3. The lowest BCUT2D eigenvalue weighted by molar-refractivity contribution is -0.0501. The van der Waals surface area contributed by atoms with Gasteiger partial charge < -0.3 is 4.18 Å². The molecule has 1 aliphatic carbocycles. The number of aryl methyl sites for hydroxylation is 1. The van der Waals surface area contributed by atoms with Crippen molar-refractivity contribution in [2.24, 2.45) is 0 Å². The maximum Gasteiger partial charge on any atom is 0.534 e. The molecule has 24 heavy (non-hydrogen) atoms. The molecule has 0 amide bonds. The van der Waals surface area contributed by atoms with Gasteiger partial charge in [0.2, 0.25) is 5.88 Å². The largest absolute Gasteiger partial charge is 0.534 e. The van der Waals surface area contributed by atoms with Gasteiger partial charge in [0, 0.05) is 11.1 Å². The van der Waals surface area contributed by atoms with E-state index in [0.717, 1.165) is 22.9 Å². The molecule has 0 atom stereocenters. The minimum atomic E-state index is -5.79. The fraction of sp³-hybridized carbons (Fsp3) is 0.286. The highest BCUT2D eigenvalue weighted by Gasteiger charge is 2.49. The topological polar surface area (TPSA) is 69.2 Å². The zero-order valence-electron chi connectivity index (χ0n) is 12.3. The van der Waals surface area contributed by atoms with Crippen LogP contribution in [0.1, 0.15) is 11.1 Å². The third kappa shape index (κ3) is 2.95. The average Bonchev–Trinajstić information content (AvgIpc) is 2.53. The van der Waals surface area contributed by atoms with Crippen molar-refractivity contribution in [3.05, 3.63) is 35.4 Å². The van der Waals surface area contributed by atoms with E-state index in [1.54, 1.807) is 18.4 Å². The number of rotatable bonds is 3. The summed E-state index contributed by atoms with van der Waals surface area (Å²) in [5, 5.41) is 0.137. The smallest absolute Gasteiger partial charge is 0.355 e. The van der Waals surface area contributed by atoms with E-state index in [1.165, 1.54) is 0 Å². The molecule has 0 saturated heterocycles. The second kappa shape index (κ2) is 5.92. The zero-order chi connectivity index (χ0) is 17.5. The van der Waals surface area contributed by atoms with Gasteiger partial charge in [-0.15, -0.1) is 0 Å². The van der Waals surface area contributed by atoms with E-state index in [2.05, 4.69) is 14.2 Å². The SMILES string of the molecule is CSc1nc(OS(=O)(=O)C(F)(F)F)c2c(n1)-c1ccccc1CC2. The Kier molecular flexibility index (Phi) is 4.20. The predicted octanol–water partition coefficient (Wildman–Crippen LogP) is 3.19. The molecule has 0 spiro atoms. The lowest BCUT2D eigenvalue weighted by Gasteiger charge is -2.21. The molecule has 0 radical (unpaired) electrons. The van der Waals surface area contributed by atoms with E-state index in [9.17, 15) is 21.6 Å². The zero-order valence-corrected chi connectivity index (χ0v) is 13.9. The van der Waals surface area contributed by atoms with Crippen LogP contribution in [0.5, 0.6) is 5.88 Å². The quantitative estimate of drug-likeness (QED) is 0.355. The van der Waals surface area contributed by atoms with Gasteiger partial charge in [-0.1, -0.05) is 36.0 Å². The van der Waals surface area contributed by atoms with Crippen molar-refractivity contribution in [3.63, 3.8) is 0 Å². The molecule has 1 aliphatic rings. The van der Waals surface area contributed by atoms with Crippen LogP contribution in [0, 0.1) is 0 Å². The normalized spacial score (nSPS) is 14.0. The highest BCUT2D eigenvalue weighted by atomic mass is 32.2. The summed E-state index contributed by atoms with van der Waals surface area (Å²) in [4.78, 5) is 8.15. The van der Waals surface area contributed by atoms with Gasteiger partial charge in [0.05, 0.1) is 5.69 Å². The highest BCUT2D eigenvalue weighted by molar-refractivity contribution is 7.98. The first-order chi connectivity index (χ1) is 11.2. The van der Waals surface area contributed by atoms with Crippen molar-refractivity contribution >= 4 is 21.9 Å². The maximum atomic E-state index is 12.6. The third-order valence-electron chi connectivity index (χ3n) is 3.52. The molecule has 3 rings (SSSR count). The molecular formula is C14H11F3N2O3S2. The van der Waals surface area contributed by atoms with E-state index in [1.807, 2.05) is 12.1 Å². The van der Waals surface area contributed by atoms with Gasteiger partial charge in [0.1, 0.15) is 0 Å². The average molecular weight is 376 g/mol. The first-order valence-corrected chi connectivity index (χ1v) is 9.40. The Morgan fingerprint density at radius 2 is 1.88 bits per heavy atom. The highest BCUT2D eigenvalue weighted by Crippen LogP contribution is 2.38. The Balaban J connectivity index is 2.17. The minimum absolute atomic E-state index is 0.137. The fourth-order valence-corrected chi connectivity index (χ4v) is 3.23. The number of hydrogen-bond acceptors (Lipinski definition) is 6. The predicted molar refractivity (Wildman–Crippen MR) is 82.3 cm³/mol. The summed E-state index contributed by atoms with van der Waals surface area (Å²) in [6.07, 6.45) is 2.47. The number of hydrogen-bond donors (Lipinski definition) is 0. The van der Waals surface area contributed by atoms with E-state index in [-0.39, 0.29) is 10.7 Å². The Bertz CT molecular complexity index is 899. The molecule has 0 N–H and O–H groups in total. The van der Waals surface area contributed by atoms with Crippen LogP contribution in [0.2, 0.25) is 0 Å². The van der Waals surface area contributed by atoms with Crippen molar-refractivity contribution < 1.29 is 25.8 Å². The van der Waals surface area contributed by atoms with E-state index >= 15 is 0 Å². The van der Waals surface area contributed by atoms with Gasteiger partial charge in [0.15, 0.2) is 5.16 Å². The summed E-state index contributed by atoms with van der Waals surface area (Å²) < 4.78 is 64.8. The second-order valence-electron chi connectivity index (χ2n) is 4.98. The molecule has 0 unspecified atom stereocenters. The third-order valence-corrected chi connectivity index (χ3v) is 5.01. The Morgan fingerprint density at radius 3 is 2.54 bits per heavy atom. The summed E-state index contributed by atoms with van der Waals surface area (Å²) in [7, 11) is -5.79. The summed E-state index contributed by atoms with van der Waals surface area (Å²) in [5.74, 6) is -0.559. The lowest BCUT2D eigenvalue weighted by atomic mass is 9.90. The summed E-state index contributed by atoms with van der Waals surface area (Å²) in [5.41, 5.74) is -3.12. The molecule has 10 heteroatoms. The molecule has 5 nitrogen and oxygen atoms in total. The van der Waals surface area contributed by atoms with Crippen LogP contribution >= 0.6 is 11.8 Å². The van der Waals surface area contributed by atoms with E-state index in [4.69, 9.17) is 0 Å². The van der Waals surface area contributed by atoms with Gasteiger partial charge >= 0.3 is 15.6 Å². The first kappa shape index (κ1) is 17.0. The molecule has 128 valence electrons. The van der Waals surface area contributed by atoms with Crippen LogP contribution in [-0.4, -0.2) is 30.1 Å². The summed E-state index contributed by atoms with van der Waals surface area (Å²) >= 11 is 1.09. The maximum absolute atomic E-state index is 12.6. The molecule has 1 heterocycles. The number of fused-ring (bicyclic) bond motifs is 3. The molecule has 1 aromatic heterocycles. The van der Waals surface area contributed by atoms with Crippen LogP contribution in [0.4, 0.5) is 13.2 Å². The first-order valence-electron chi connectivity index (χ1n) is 6.77. The number of aromatic nitrogens is 2. The number of thioether (sulfide) groups is 1. The standard InChI is InChI=1S/C14H11F3N2O3S2/c1-23-13-18-11-9-5-3-2-4-8(9)6-7-10(11)12(19-13)22-24(20,21)14(15,16)17/h2-5H,6-7H2,1H3. The van der Waals surface area contributed by atoms with Crippen molar-refractivity contribution in [1.29, 1.82) is 0 Å². The molecule has 0 fully saturated rings. The van der Waals surface area contributed by atoms with Crippen LogP contribution in [0.25, 0.3) is 11.3 Å². The van der Waals surface area contributed by atoms with Gasteiger partial charge in [0.25, 0.3) is 0 Å². The van der Waals surface area contributed by atoms with Crippen molar-refractivity contribution in [3.8, 4) is 17.1 Å². The van der Waals surface area contributed by atoms with Crippen molar-refractivity contribution in [2.75, 3.05) is 6.26 Å². The fourth-order valence-electron chi connectivity index (χ4n) is 2.43. The monoisotopic (exact) mass is 376 g/mol. The number of halogens is 3. The Morgan fingerprint density at radius 1 is 1.17 bits per heavy atom. The van der Waals surface area contributed by atoms with Crippen LogP contribution < -0.4 is 4.18 Å². The molecular weight excluding hydrogens is 365 g/mol. The number of benzene rings is 1. The van der Waals surface area contributed by atoms with Crippen LogP contribution in [0.3, 0.4) is 0 Å². The van der Waals surface area contributed by atoms with Gasteiger partial charge in [-0.3, -0.25) is 0 Å². The van der Waals surface area contributed by atoms with Crippen LogP contribution in [-0.2, 0) is 23.0 Å². The van der Waals surface area contributed by atoms with Gasteiger partial charge in [-0.25, -0.2) is 4.98 Å². The van der Waals surface area contributed by atoms with Crippen molar-refractivity contribution in [1.82, 2.24) is 9.97 Å². The van der Waals surface area contributed by atoms with E-state index < -0.39 is 21.5 Å². The number of nitrogens with zero attached hydrogens (tertiary/aromatic N) is 2. The molecule has 1 aromatic carbocycles. The van der Waals surface area contributed by atoms with Gasteiger partial charge in [-0.05, 0) is 24.7 Å². The summed E-state index contributed by atoms with van der Waals surface area (Å²) in [6.45, 7) is 0. The van der Waals surface area contributed by atoms with Gasteiger partial charge in [-0.2, -0.15) is 26.6 Å². The minimum Gasteiger partial charge on any atom is -0.355 e. The Hall–Kier alpha value is -1.81. The molecule has 0 saturated carbocycles. The molecule has 2 aromatic rings. The Labute approximate surface area is 140 Å². The molecule has 0 aliphatic heterocycles. The molecule has 0 bridgehead atoms. The van der Waals surface area contributed by atoms with Crippen molar-refractivity contribution in [2.45, 2.75) is 23.5 Å². The summed E-state index contributed by atoms with van der Waals surface area (Å²) in [6, 6.07) is 7.31. The lowest BCUT2D eigenvalue weighted by Crippen LogP contribution is -2.29. The van der Waals surface area contributed by atoms with Crippen LogP contribution in [0.15, 0.2) is 29.4 Å². The van der Waals surface area contributed by atoms with E-state index in [0.29, 0.717) is 18.5 Å².